The number of hydrogen-bond acceptors (Lipinski definition) is 6. The lowest BCUT2D eigenvalue weighted by molar-refractivity contribution is 0.101. The molecule has 1 aliphatic heterocycles. The molecule has 2 aromatic heterocycles. The highest BCUT2D eigenvalue weighted by molar-refractivity contribution is 7.89. The third-order valence-corrected chi connectivity index (χ3v) is 6.92. The van der Waals surface area contributed by atoms with Crippen molar-refractivity contribution in [2.45, 2.75) is 38.0 Å². The lowest BCUT2D eigenvalue weighted by Crippen LogP contribution is -2.30. The monoisotopic (exact) mass is 409 g/mol. The molecule has 0 aliphatic carbocycles. The number of hydrogen-bond donors (Lipinski definition) is 2. The summed E-state index contributed by atoms with van der Waals surface area (Å²) >= 11 is 0. The van der Waals surface area contributed by atoms with E-state index >= 15 is 0 Å². The minimum absolute atomic E-state index is 0.0930. The van der Waals surface area contributed by atoms with Crippen LogP contribution in [-0.4, -0.2) is 64.6 Å². The lowest BCUT2D eigenvalue weighted by Gasteiger charge is -2.24. The van der Waals surface area contributed by atoms with Gasteiger partial charge in [-0.05, 0) is 25.3 Å². The zero-order chi connectivity index (χ0) is 20.3. The van der Waals surface area contributed by atoms with Gasteiger partial charge in [-0.3, -0.25) is 10.1 Å². The summed E-state index contributed by atoms with van der Waals surface area (Å²) in [5, 5.41) is 9.55. The number of sulfonamides is 1. The third-order valence-electron chi connectivity index (χ3n) is 4.90. The molecule has 0 atom stereocenters. The number of H-pyrrole nitrogens is 1. The minimum atomic E-state index is -3.63. The SMILES string of the molecule is CCN(CC)S(=O)(=O)c1cc(C(=O)Nc2nc(N3CCCCC3)n[nH]2)n(C)c1. The van der Waals surface area contributed by atoms with Crippen LogP contribution in [0.3, 0.4) is 0 Å². The van der Waals surface area contributed by atoms with E-state index in [1.54, 1.807) is 20.9 Å². The molecule has 1 aliphatic rings. The quantitative estimate of drug-likeness (QED) is 0.714. The molecule has 28 heavy (non-hydrogen) atoms. The van der Waals surface area contributed by atoms with Gasteiger partial charge in [0, 0.05) is 39.4 Å². The first-order chi connectivity index (χ1) is 13.4. The van der Waals surface area contributed by atoms with Crippen LogP contribution in [0, 0.1) is 0 Å². The highest BCUT2D eigenvalue weighted by Crippen LogP contribution is 2.20. The van der Waals surface area contributed by atoms with E-state index in [0.717, 1.165) is 25.9 Å². The Labute approximate surface area is 165 Å². The first-order valence-corrected chi connectivity index (χ1v) is 11.0. The van der Waals surface area contributed by atoms with Gasteiger partial charge in [-0.25, -0.2) is 13.5 Å². The molecule has 1 saturated heterocycles. The molecule has 0 bridgehead atoms. The summed E-state index contributed by atoms with van der Waals surface area (Å²) in [5.74, 6) is 0.344. The Bertz CT molecular complexity index is 924. The molecule has 0 saturated carbocycles. The average Bonchev–Trinajstić information content (AvgIpc) is 3.30. The van der Waals surface area contributed by atoms with Gasteiger partial charge in [0.2, 0.25) is 21.9 Å². The number of nitrogens with one attached hydrogen (secondary N) is 2. The van der Waals surface area contributed by atoms with Crippen molar-refractivity contribution in [3.63, 3.8) is 0 Å². The lowest BCUT2D eigenvalue weighted by atomic mass is 10.1. The number of piperidine rings is 1. The smallest absolute Gasteiger partial charge is 0.274 e. The predicted octanol–water partition coefficient (Wildman–Crippen LogP) is 1.42. The average molecular weight is 410 g/mol. The maximum Gasteiger partial charge on any atom is 0.274 e. The molecule has 0 radical (unpaired) electrons. The molecule has 3 rings (SSSR count). The summed E-state index contributed by atoms with van der Waals surface area (Å²) < 4.78 is 28.2. The molecule has 1 amide bonds. The van der Waals surface area contributed by atoms with E-state index in [1.807, 2.05) is 0 Å². The van der Waals surface area contributed by atoms with Crippen LogP contribution in [0.2, 0.25) is 0 Å². The Balaban J connectivity index is 1.75. The molecule has 3 heterocycles. The number of carbonyl (C=O) groups is 1. The number of nitrogens with zero attached hydrogens (tertiary/aromatic N) is 5. The summed E-state index contributed by atoms with van der Waals surface area (Å²) in [5.41, 5.74) is 0.224. The van der Waals surface area contributed by atoms with Crippen molar-refractivity contribution in [3.05, 3.63) is 18.0 Å². The Morgan fingerprint density at radius 3 is 2.57 bits per heavy atom. The summed E-state index contributed by atoms with van der Waals surface area (Å²) in [6.45, 7) is 6.09. The van der Waals surface area contributed by atoms with Gasteiger partial charge in [-0.2, -0.15) is 9.29 Å². The van der Waals surface area contributed by atoms with Crippen molar-refractivity contribution < 1.29 is 13.2 Å². The number of amides is 1. The zero-order valence-electron chi connectivity index (χ0n) is 16.5. The van der Waals surface area contributed by atoms with Crippen LogP contribution in [0.15, 0.2) is 17.2 Å². The second-order valence-corrected chi connectivity index (χ2v) is 8.69. The van der Waals surface area contributed by atoms with Crippen molar-refractivity contribution in [3.8, 4) is 0 Å². The summed E-state index contributed by atoms with van der Waals surface area (Å²) in [6.07, 6.45) is 4.85. The van der Waals surface area contributed by atoms with Gasteiger partial charge in [0.25, 0.3) is 5.91 Å². The van der Waals surface area contributed by atoms with Crippen LogP contribution in [0.25, 0.3) is 0 Å². The number of anilines is 2. The number of carbonyl (C=O) groups excluding carboxylic acids is 1. The molecule has 2 N–H and O–H groups in total. The predicted molar refractivity (Wildman–Crippen MR) is 106 cm³/mol. The van der Waals surface area contributed by atoms with E-state index in [-0.39, 0.29) is 16.5 Å². The van der Waals surface area contributed by atoms with Crippen LogP contribution < -0.4 is 10.2 Å². The Kier molecular flexibility index (Phi) is 6.04. The highest BCUT2D eigenvalue weighted by Gasteiger charge is 2.26. The summed E-state index contributed by atoms with van der Waals surface area (Å²) in [6, 6.07) is 1.38. The molecular weight excluding hydrogens is 382 g/mol. The Hall–Kier alpha value is -2.40. The largest absolute Gasteiger partial charge is 0.345 e. The van der Waals surface area contributed by atoms with Crippen molar-refractivity contribution in [2.24, 2.45) is 7.05 Å². The van der Waals surface area contributed by atoms with Crippen molar-refractivity contribution in [2.75, 3.05) is 36.4 Å². The molecule has 11 heteroatoms. The maximum atomic E-state index is 12.7. The summed E-state index contributed by atoms with van der Waals surface area (Å²) in [7, 11) is -1.99. The number of aromatic nitrogens is 4. The van der Waals surface area contributed by atoms with Crippen LogP contribution in [-0.2, 0) is 17.1 Å². The van der Waals surface area contributed by atoms with Crippen LogP contribution in [0.1, 0.15) is 43.6 Å². The van der Waals surface area contributed by atoms with Crippen LogP contribution in [0.5, 0.6) is 0 Å². The van der Waals surface area contributed by atoms with Gasteiger partial charge in [-0.15, -0.1) is 5.10 Å². The van der Waals surface area contributed by atoms with E-state index in [0.29, 0.717) is 19.0 Å². The van der Waals surface area contributed by atoms with E-state index in [1.165, 1.54) is 27.6 Å². The van der Waals surface area contributed by atoms with Gasteiger partial charge in [-0.1, -0.05) is 13.8 Å². The number of rotatable bonds is 7. The van der Waals surface area contributed by atoms with Gasteiger partial charge < -0.3 is 9.47 Å². The Morgan fingerprint density at radius 1 is 1.25 bits per heavy atom. The molecule has 0 unspecified atom stereocenters. The highest BCUT2D eigenvalue weighted by atomic mass is 32.2. The number of aryl methyl sites for hydroxylation is 1. The maximum absolute atomic E-state index is 12.7. The van der Waals surface area contributed by atoms with Crippen molar-refractivity contribution in [1.29, 1.82) is 0 Å². The molecule has 1 fully saturated rings. The fraction of sp³-hybridized carbons (Fsp3) is 0.588. The molecule has 0 aromatic carbocycles. The third kappa shape index (κ3) is 4.04. The molecule has 2 aromatic rings. The fourth-order valence-electron chi connectivity index (χ4n) is 3.33. The van der Waals surface area contributed by atoms with E-state index < -0.39 is 15.9 Å². The zero-order valence-corrected chi connectivity index (χ0v) is 17.3. The molecule has 10 nitrogen and oxygen atoms in total. The topological polar surface area (TPSA) is 116 Å². The molecule has 0 spiro atoms. The first kappa shape index (κ1) is 20.3. The normalized spacial score (nSPS) is 15.2. The van der Waals surface area contributed by atoms with Gasteiger partial charge in [0.1, 0.15) is 10.6 Å². The van der Waals surface area contributed by atoms with Crippen LogP contribution in [0.4, 0.5) is 11.9 Å². The summed E-state index contributed by atoms with van der Waals surface area (Å²) in [4.78, 5) is 19.1. The van der Waals surface area contributed by atoms with Crippen LogP contribution >= 0.6 is 0 Å². The second kappa shape index (κ2) is 8.31. The van der Waals surface area contributed by atoms with E-state index in [4.69, 9.17) is 0 Å². The Morgan fingerprint density at radius 2 is 1.93 bits per heavy atom. The standard InChI is InChI=1S/C17H27N7O3S/c1-4-24(5-2)28(26,27)13-11-14(22(3)12-13)15(25)18-16-19-17(21-20-16)23-9-7-6-8-10-23/h11-12H,4-10H2,1-3H3,(H2,18,19,20,21,25). The van der Waals surface area contributed by atoms with Crippen molar-refractivity contribution in [1.82, 2.24) is 24.1 Å². The molecule has 154 valence electrons. The minimum Gasteiger partial charge on any atom is -0.345 e. The van der Waals surface area contributed by atoms with Gasteiger partial charge >= 0.3 is 0 Å². The van der Waals surface area contributed by atoms with E-state index in [9.17, 15) is 13.2 Å². The van der Waals surface area contributed by atoms with Crippen molar-refractivity contribution >= 4 is 27.8 Å². The first-order valence-electron chi connectivity index (χ1n) is 9.52. The fourth-order valence-corrected chi connectivity index (χ4v) is 4.86. The number of aromatic amines is 1. The van der Waals surface area contributed by atoms with E-state index in [2.05, 4.69) is 25.4 Å². The second-order valence-electron chi connectivity index (χ2n) is 6.75. The van der Waals surface area contributed by atoms with Gasteiger partial charge in [0.05, 0.1) is 0 Å². The molecular formula is C17H27N7O3S. The van der Waals surface area contributed by atoms with Gasteiger partial charge in [0.15, 0.2) is 0 Å².